The number of benzene rings is 1. The molecule has 2 aromatic rings. The standard InChI is InChI=1S/C22H29N5O/c1-18-8-11-27(12-9-18)22-23-10-7-20(24-22)21(28)26-15-13-25(14-16-26)17-19-5-3-2-4-6-19/h2-7,10,18H,8-9,11-17H2,1H3. The number of piperazine rings is 1. The van der Waals surface area contributed by atoms with Crippen LogP contribution >= 0.6 is 0 Å². The summed E-state index contributed by atoms with van der Waals surface area (Å²) >= 11 is 0. The average molecular weight is 380 g/mol. The highest BCUT2D eigenvalue weighted by molar-refractivity contribution is 5.92. The number of hydrogen-bond donors (Lipinski definition) is 0. The van der Waals surface area contributed by atoms with Crippen LogP contribution in [0.3, 0.4) is 0 Å². The molecule has 148 valence electrons. The molecule has 2 fully saturated rings. The molecule has 6 heteroatoms. The molecule has 28 heavy (non-hydrogen) atoms. The summed E-state index contributed by atoms with van der Waals surface area (Å²) in [6.07, 6.45) is 4.04. The van der Waals surface area contributed by atoms with Crippen LogP contribution < -0.4 is 4.90 Å². The summed E-state index contributed by atoms with van der Waals surface area (Å²) in [6.45, 7) is 8.43. The Morgan fingerprint density at radius 3 is 2.43 bits per heavy atom. The van der Waals surface area contributed by atoms with Crippen LogP contribution in [0.1, 0.15) is 35.8 Å². The molecule has 1 aromatic carbocycles. The second kappa shape index (κ2) is 8.69. The van der Waals surface area contributed by atoms with E-state index in [0.717, 1.165) is 64.6 Å². The highest BCUT2D eigenvalue weighted by Crippen LogP contribution is 2.20. The Morgan fingerprint density at radius 2 is 1.71 bits per heavy atom. The zero-order chi connectivity index (χ0) is 19.3. The Bertz CT molecular complexity index is 781. The lowest BCUT2D eigenvalue weighted by molar-refractivity contribution is 0.0622. The molecule has 0 spiro atoms. The van der Waals surface area contributed by atoms with E-state index >= 15 is 0 Å². The molecule has 0 aliphatic carbocycles. The van der Waals surface area contributed by atoms with Crippen molar-refractivity contribution in [2.75, 3.05) is 44.2 Å². The van der Waals surface area contributed by atoms with E-state index in [1.807, 2.05) is 11.0 Å². The van der Waals surface area contributed by atoms with Gasteiger partial charge < -0.3 is 9.80 Å². The number of carbonyl (C=O) groups excluding carboxylic acids is 1. The van der Waals surface area contributed by atoms with E-state index in [1.165, 1.54) is 5.56 Å². The normalized spacial score (nSPS) is 19.0. The van der Waals surface area contributed by atoms with Gasteiger partial charge in [-0.15, -0.1) is 0 Å². The van der Waals surface area contributed by atoms with Crippen LogP contribution in [0.5, 0.6) is 0 Å². The molecule has 0 saturated carbocycles. The van der Waals surface area contributed by atoms with E-state index in [-0.39, 0.29) is 5.91 Å². The molecule has 0 N–H and O–H groups in total. The summed E-state index contributed by atoms with van der Waals surface area (Å²) in [5.41, 5.74) is 1.83. The highest BCUT2D eigenvalue weighted by Gasteiger charge is 2.24. The first-order chi connectivity index (χ1) is 13.7. The zero-order valence-corrected chi connectivity index (χ0v) is 16.6. The van der Waals surface area contributed by atoms with Crippen molar-refractivity contribution in [2.24, 2.45) is 5.92 Å². The number of rotatable bonds is 4. The van der Waals surface area contributed by atoms with Crippen LogP contribution in [0, 0.1) is 5.92 Å². The fourth-order valence-corrected chi connectivity index (χ4v) is 3.94. The van der Waals surface area contributed by atoms with Gasteiger partial charge in [0.1, 0.15) is 5.69 Å². The number of piperidine rings is 1. The topological polar surface area (TPSA) is 52.6 Å². The van der Waals surface area contributed by atoms with Crippen LogP contribution in [-0.2, 0) is 6.54 Å². The van der Waals surface area contributed by atoms with Crippen LogP contribution in [0.4, 0.5) is 5.95 Å². The first kappa shape index (κ1) is 18.9. The van der Waals surface area contributed by atoms with Crippen molar-refractivity contribution in [2.45, 2.75) is 26.3 Å². The molecular formula is C22H29N5O. The maximum atomic E-state index is 13.0. The number of anilines is 1. The first-order valence-corrected chi connectivity index (χ1v) is 10.3. The van der Waals surface area contributed by atoms with Gasteiger partial charge in [-0.1, -0.05) is 37.3 Å². The quantitative estimate of drug-likeness (QED) is 0.818. The monoisotopic (exact) mass is 379 g/mol. The van der Waals surface area contributed by atoms with Gasteiger partial charge in [0.25, 0.3) is 5.91 Å². The molecule has 0 atom stereocenters. The molecule has 2 saturated heterocycles. The van der Waals surface area contributed by atoms with Crippen molar-refractivity contribution in [3.63, 3.8) is 0 Å². The second-order valence-electron chi connectivity index (χ2n) is 7.97. The summed E-state index contributed by atoms with van der Waals surface area (Å²) in [5, 5.41) is 0. The summed E-state index contributed by atoms with van der Waals surface area (Å²) in [4.78, 5) is 28.5. The van der Waals surface area contributed by atoms with Crippen molar-refractivity contribution >= 4 is 11.9 Å². The third-order valence-corrected chi connectivity index (χ3v) is 5.84. The van der Waals surface area contributed by atoms with Gasteiger partial charge in [-0.3, -0.25) is 9.69 Å². The van der Waals surface area contributed by atoms with E-state index in [1.54, 1.807) is 12.3 Å². The Labute approximate surface area is 167 Å². The highest BCUT2D eigenvalue weighted by atomic mass is 16.2. The molecule has 0 unspecified atom stereocenters. The minimum atomic E-state index is 0.0217. The molecule has 1 amide bonds. The van der Waals surface area contributed by atoms with Gasteiger partial charge in [-0.25, -0.2) is 9.97 Å². The third-order valence-electron chi connectivity index (χ3n) is 5.84. The van der Waals surface area contributed by atoms with Crippen molar-refractivity contribution in [3.05, 3.63) is 53.9 Å². The Kier molecular flexibility index (Phi) is 5.86. The summed E-state index contributed by atoms with van der Waals surface area (Å²) in [5.74, 6) is 1.47. The van der Waals surface area contributed by atoms with Gasteiger partial charge in [-0.05, 0) is 30.4 Å². The molecule has 2 aliphatic heterocycles. The van der Waals surface area contributed by atoms with Crippen LogP contribution in [0.2, 0.25) is 0 Å². The minimum absolute atomic E-state index is 0.0217. The summed E-state index contributed by atoms with van der Waals surface area (Å²) < 4.78 is 0. The second-order valence-corrected chi connectivity index (χ2v) is 7.97. The van der Waals surface area contributed by atoms with Gasteiger partial charge in [0.2, 0.25) is 5.95 Å². The Balaban J connectivity index is 1.34. The maximum Gasteiger partial charge on any atom is 0.272 e. The largest absolute Gasteiger partial charge is 0.341 e. The van der Waals surface area contributed by atoms with Gasteiger partial charge in [-0.2, -0.15) is 0 Å². The van der Waals surface area contributed by atoms with E-state index < -0.39 is 0 Å². The number of aromatic nitrogens is 2. The van der Waals surface area contributed by atoms with Gasteiger partial charge in [0.15, 0.2) is 0 Å². The van der Waals surface area contributed by atoms with Crippen molar-refractivity contribution in [3.8, 4) is 0 Å². The first-order valence-electron chi connectivity index (χ1n) is 10.3. The summed E-state index contributed by atoms with van der Waals surface area (Å²) in [7, 11) is 0. The van der Waals surface area contributed by atoms with E-state index in [4.69, 9.17) is 0 Å². The number of hydrogen-bond acceptors (Lipinski definition) is 5. The van der Waals surface area contributed by atoms with E-state index in [9.17, 15) is 4.79 Å². The fraction of sp³-hybridized carbons (Fsp3) is 0.500. The van der Waals surface area contributed by atoms with Crippen LogP contribution in [0.15, 0.2) is 42.6 Å². The number of carbonyl (C=O) groups is 1. The van der Waals surface area contributed by atoms with Crippen molar-refractivity contribution < 1.29 is 4.79 Å². The van der Waals surface area contributed by atoms with Gasteiger partial charge in [0, 0.05) is 52.0 Å². The van der Waals surface area contributed by atoms with Crippen LogP contribution in [0.25, 0.3) is 0 Å². The lowest BCUT2D eigenvalue weighted by Crippen LogP contribution is -2.48. The predicted octanol–water partition coefficient (Wildman–Crippen LogP) is 2.67. The minimum Gasteiger partial charge on any atom is -0.341 e. The molecule has 2 aliphatic rings. The fourth-order valence-electron chi connectivity index (χ4n) is 3.94. The molecular weight excluding hydrogens is 350 g/mol. The van der Waals surface area contributed by atoms with E-state index in [2.05, 4.69) is 51.0 Å². The smallest absolute Gasteiger partial charge is 0.272 e. The molecule has 4 rings (SSSR count). The molecule has 1 aromatic heterocycles. The average Bonchev–Trinajstić information content (AvgIpc) is 2.75. The lowest BCUT2D eigenvalue weighted by atomic mass is 10.00. The van der Waals surface area contributed by atoms with Crippen LogP contribution in [-0.4, -0.2) is 64.9 Å². The molecule has 6 nitrogen and oxygen atoms in total. The summed E-state index contributed by atoms with van der Waals surface area (Å²) in [6, 6.07) is 12.2. The number of nitrogens with zero attached hydrogens (tertiary/aromatic N) is 5. The Hall–Kier alpha value is -2.47. The lowest BCUT2D eigenvalue weighted by Gasteiger charge is -2.35. The third kappa shape index (κ3) is 4.50. The maximum absolute atomic E-state index is 13.0. The zero-order valence-electron chi connectivity index (χ0n) is 16.6. The van der Waals surface area contributed by atoms with Gasteiger partial charge in [0.05, 0.1) is 0 Å². The van der Waals surface area contributed by atoms with Crippen molar-refractivity contribution in [1.82, 2.24) is 19.8 Å². The van der Waals surface area contributed by atoms with Gasteiger partial charge >= 0.3 is 0 Å². The molecule has 3 heterocycles. The molecule has 0 radical (unpaired) electrons. The Morgan fingerprint density at radius 1 is 1.00 bits per heavy atom. The predicted molar refractivity (Wildman–Crippen MR) is 110 cm³/mol. The van der Waals surface area contributed by atoms with E-state index in [0.29, 0.717) is 11.6 Å². The molecule has 0 bridgehead atoms. The van der Waals surface area contributed by atoms with Crippen molar-refractivity contribution in [1.29, 1.82) is 0 Å². The SMILES string of the molecule is CC1CCN(c2nccc(C(=O)N3CCN(Cc4ccccc4)CC3)n2)CC1. The number of amides is 1.